The van der Waals surface area contributed by atoms with Gasteiger partial charge in [-0.3, -0.25) is 0 Å². The van der Waals surface area contributed by atoms with Crippen LogP contribution in [0.15, 0.2) is 24.3 Å². The van der Waals surface area contributed by atoms with Crippen LogP contribution in [0.1, 0.15) is 18.4 Å². The van der Waals surface area contributed by atoms with Crippen LogP contribution in [-0.4, -0.2) is 49.1 Å². The van der Waals surface area contributed by atoms with Gasteiger partial charge in [0.1, 0.15) is 0 Å². The number of benzene rings is 1. The lowest BCUT2D eigenvalue weighted by Crippen LogP contribution is -2.52. The zero-order chi connectivity index (χ0) is 14.2. The van der Waals surface area contributed by atoms with Crippen LogP contribution in [0.5, 0.6) is 0 Å². The SMILES string of the molecule is CN1CCN(C(=O)NC2(c3ccc(N)cc3)CC2)CC1. The molecule has 5 heteroatoms. The van der Waals surface area contributed by atoms with Crippen LogP contribution in [0.2, 0.25) is 0 Å². The van der Waals surface area contributed by atoms with E-state index in [1.807, 2.05) is 29.2 Å². The maximum absolute atomic E-state index is 12.4. The van der Waals surface area contributed by atoms with E-state index in [9.17, 15) is 4.79 Å². The van der Waals surface area contributed by atoms with Gasteiger partial charge in [0.25, 0.3) is 0 Å². The van der Waals surface area contributed by atoms with Gasteiger partial charge in [0.05, 0.1) is 5.54 Å². The number of likely N-dealkylation sites (N-methyl/N-ethyl adjacent to an activating group) is 1. The number of carbonyl (C=O) groups excluding carboxylic acids is 1. The van der Waals surface area contributed by atoms with Gasteiger partial charge in [-0.15, -0.1) is 0 Å². The van der Waals surface area contributed by atoms with Crippen molar-refractivity contribution in [1.82, 2.24) is 15.1 Å². The van der Waals surface area contributed by atoms with Crippen LogP contribution in [-0.2, 0) is 5.54 Å². The Morgan fingerprint density at radius 1 is 1.15 bits per heavy atom. The molecule has 1 aliphatic carbocycles. The Balaban J connectivity index is 1.65. The van der Waals surface area contributed by atoms with Gasteiger partial charge in [0.15, 0.2) is 0 Å². The molecule has 3 rings (SSSR count). The molecule has 5 nitrogen and oxygen atoms in total. The lowest BCUT2D eigenvalue weighted by molar-refractivity contribution is 0.150. The minimum absolute atomic E-state index is 0.0624. The standard InChI is InChI=1S/C15H22N4O/c1-18-8-10-19(11-9-18)14(20)17-15(6-7-15)12-2-4-13(16)5-3-12/h2-5H,6-11,16H2,1H3,(H,17,20). The number of urea groups is 1. The summed E-state index contributed by atoms with van der Waals surface area (Å²) >= 11 is 0. The summed E-state index contributed by atoms with van der Waals surface area (Å²) in [7, 11) is 2.09. The highest BCUT2D eigenvalue weighted by Crippen LogP contribution is 2.45. The zero-order valence-corrected chi connectivity index (χ0v) is 11.9. The Bertz CT molecular complexity index is 487. The number of nitrogens with zero attached hydrogens (tertiary/aromatic N) is 2. The first-order chi connectivity index (χ1) is 9.59. The summed E-state index contributed by atoms with van der Waals surface area (Å²) in [4.78, 5) is 16.5. The van der Waals surface area contributed by atoms with E-state index < -0.39 is 0 Å². The Labute approximate surface area is 119 Å². The first-order valence-corrected chi connectivity index (χ1v) is 7.21. The highest BCUT2D eigenvalue weighted by molar-refractivity contribution is 5.76. The summed E-state index contributed by atoms with van der Waals surface area (Å²) in [5.41, 5.74) is 7.48. The fraction of sp³-hybridized carbons (Fsp3) is 0.533. The van der Waals surface area contributed by atoms with Crippen molar-refractivity contribution in [3.63, 3.8) is 0 Å². The van der Waals surface area contributed by atoms with Gasteiger partial charge >= 0.3 is 6.03 Å². The molecule has 0 unspecified atom stereocenters. The first kappa shape index (κ1) is 13.2. The minimum Gasteiger partial charge on any atom is -0.399 e. The third-order valence-electron chi connectivity index (χ3n) is 4.35. The van der Waals surface area contributed by atoms with E-state index in [0.717, 1.165) is 50.3 Å². The van der Waals surface area contributed by atoms with E-state index in [2.05, 4.69) is 17.3 Å². The third-order valence-corrected chi connectivity index (χ3v) is 4.35. The number of carbonyl (C=O) groups is 1. The van der Waals surface area contributed by atoms with E-state index in [4.69, 9.17) is 5.73 Å². The molecular weight excluding hydrogens is 252 g/mol. The van der Waals surface area contributed by atoms with Crippen molar-refractivity contribution in [3.8, 4) is 0 Å². The van der Waals surface area contributed by atoms with Crippen molar-refractivity contribution in [3.05, 3.63) is 29.8 Å². The van der Waals surface area contributed by atoms with E-state index >= 15 is 0 Å². The number of anilines is 1. The molecule has 2 aliphatic rings. The lowest BCUT2D eigenvalue weighted by Gasteiger charge is -2.33. The van der Waals surface area contributed by atoms with Gasteiger partial charge < -0.3 is 20.9 Å². The van der Waals surface area contributed by atoms with Crippen LogP contribution >= 0.6 is 0 Å². The van der Waals surface area contributed by atoms with Crippen molar-refractivity contribution >= 4 is 11.7 Å². The predicted octanol–water partition coefficient (Wildman–Crippen LogP) is 1.21. The molecule has 1 heterocycles. The molecule has 0 atom stereocenters. The molecule has 0 spiro atoms. The molecule has 1 aliphatic heterocycles. The molecule has 108 valence electrons. The normalized spacial score (nSPS) is 21.6. The Hall–Kier alpha value is -1.75. The molecule has 0 aromatic heterocycles. The zero-order valence-electron chi connectivity index (χ0n) is 11.9. The smallest absolute Gasteiger partial charge is 0.318 e. The van der Waals surface area contributed by atoms with Gasteiger partial charge in [-0.25, -0.2) is 4.79 Å². The average molecular weight is 274 g/mol. The number of rotatable bonds is 2. The molecule has 2 amide bonds. The van der Waals surface area contributed by atoms with E-state index in [-0.39, 0.29) is 11.6 Å². The number of hydrogen-bond acceptors (Lipinski definition) is 3. The first-order valence-electron chi connectivity index (χ1n) is 7.21. The van der Waals surface area contributed by atoms with E-state index in [1.165, 1.54) is 0 Å². The fourth-order valence-electron chi connectivity index (χ4n) is 2.71. The molecule has 20 heavy (non-hydrogen) atoms. The molecule has 1 saturated heterocycles. The van der Waals surface area contributed by atoms with Gasteiger partial charge in [0.2, 0.25) is 0 Å². The van der Waals surface area contributed by atoms with E-state index in [1.54, 1.807) is 0 Å². The maximum Gasteiger partial charge on any atom is 0.318 e. The molecule has 0 radical (unpaired) electrons. The number of amides is 2. The summed E-state index contributed by atoms with van der Waals surface area (Å²) < 4.78 is 0. The molecule has 3 N–H and O–H groups in total. The number of nitrogens with two attached hydrogens (primary N) is 1. The predicted molar refractivity (Wildman–Crippen MR) is 79.4 cm³/mol. The van der Waals surface area contributed by atoms with Crippen molar-refractivity contribution in [1.29, 1.82) is 0 Å². The van der Waals surface area contributed by atoms with Gasteiger partial charge in [-0.2, -0.15) is 0 Å². The van der Waals surface area contributed by atoms with Crippen molar-refractivity contribution < 1.29 is 4.79 Å². The summed E-state index contributed by atoms with van der Waals surface area (Å²) in [6.07, 6.45) is 2.02. The minimum atomic E-state index is -0.159. The second kappa shape index (κ2) is 4.98. The number of piperazine rings is 1. The second-order valence-corrected chi connectivity index (χ2v) is 5.92. The molecule has 1 aromatic carbocycles. The van der Waals surface area contributed by atoms with Crippen LogP contribution in [0.3, 0.4) is 0 Å². The number of hydrogen-bond donors (Lipinski definition) is 2. The van der Waals surface area contributed by atoms with Crippen LogP contribution < -0.4 is 11.1 Å². The quantitative estimate of drug-likeness (QED) is 0.797. The van der Waals surface area contributed by atoms with Gasteiger partial charge in [-0.1, -0.05) is 12.1 Å². The van der Waals surface area contributed by atoms with E-state index in [0.29, 0.717) is 0 Å². The summed E-state index contributed by atoms with van der Waals surface area (Å²) in [6, 6.07) is 7.90. The van der Waals surface area contributed by atoms with Gasteiger partial charge in [0, 0.05) is 31.9 Å². The van der Waals surface area contributed by atoms with Crippen LogP contribution in [0.4, 0.5) is 10.5 Å². The van der Waals surface area contributed by atoms with Crippen molar-refractivity contribution in [2.24, 2.45) is 0 Å². The highest BCUT2D eigenvalue weighted by atomic mass is 16.2. The molecule has 2 fully saturated rings. The third kappa shape index (κ3) is 2.58. The second-order valence-electron chi connectivity index (χ2n) is 5.92. The Morgan fingerprint density at radius 2 is 1.75 bits per heavy atom. The largest absolute Gasteiger partial charge is 0.399 e. The lowest BCUT2D eigenvalue weighted by atomic mass is 10.0. The Kier molecular flexibility index (Phi) is 3.30. The number of nitrogen functional groups attached to an aromatic ring is 1. The molecule has 1 aromatic rings. The topological polar surface area (TPSA) is 61.6 Å². The van der Waals surface area contributed by atoms with Crippen LogP contribution in [0.25, 0.3) is 0 Å². The fourth-order valence-corrected chi connectivity index (χ4v) is 2.71. The summed E-state index contributed by atoms with van der Waals surface area (Å²) in [5, 5.41) is 3.22. The Morgan fingerprint density at radius 3 is 2.30 bits per heavy atom. The average Bonchev–Trinajstić information content (AvgIpc) is 3.21. The monoisotopic (exact) mass is 274 g/mol. The highest BCUT2D eigenvalue weighted by Gasteiger charge is 2.46. The molecule has 0 bridgehead atoms. The molecular formula is C15H22N4O. The molecule has 1 saturated carbocycles. The van der Waals surface area contributed by atoms with Crippen LogP contribution in [0, 0.1) is 0 Å². The summed E-state index contributed by atoms with van der Waals surface area (Å²) in [5.74, 6) is 0. The van der Waals surface area contributed by atoms with Gasteiger partial charge in [-0.05, 0) is 37.6 Å². The number of nitrogens with one attached hydrogen (secondary N) is 1. The van der Waals surface area contributed by atoms with Crippen molar-refractivity contribution in [2.75, 3.05) is 39.0 Å². The summed E-state index contributed by atoms with van der Waals surface area (Å²) in [6.45, 7) is 3.50. The maximum atomic E-state index is 12.4. The van der Waals surface area contributed by atoms with Crippen molar-refractivity contribution in [2.45, 2.75) is 18.4 Å².